The molecule has 1 aromatic carbocycles. The number of hydrogen-bond acceptors (Lipinski definition) is 4. The third kappa shape index (κ3) is 1.95. The molecule has 1 heterocycles. The van der Waals surface area contributed by atoms with Crippen LogP contribution in [-0.4, -0.2) is 15.1 Å². The van der Waals surface area contributed by atoms with E-state index < -0.39 is 0 Å². The van der Waals surface area contributed by atoms with Gasteiger partial charge in [0.15, 0.2) is 0 Å². The van der Waals surface area contributed by atoms with Crippen LogP contribution in [0, 0.1) is 0 Å². The summed E-state index contributed by atoms with van der Waals surface area (Å²) in [7, 11) is 0. The first-order valence-electron chi connectivity index (χ1n) is 5.90. The zero-order valence-corrected chi connectivity index (χ0v) is 9.73. The zero-order chi connectivity index (χ0) is 12.5. The Kier molecular flexibility index (Phi) is 2.51. The number of aromatic hydroxyl groups is 1. The Balaban J connectivity index is 1.92. The second kappa shape index (κ2) is 4.18. The highest BCUT2D eigenvalue weighted by Crippen LogP contribution is 2.20. The monoisotopic (exact) mass is 243 g/mol. The first-order valence-corrected chi connectivity index (χ1v) is 5.90. The Bertz CT molecular complexity index is 632. The molecule has 2 aromatic rings. The van der Waals surface area contributed by atoms with Gasteiger partial charge in [-0.3, -0.25) is 9.78 Å². The molecule has 0 amide bonds. The molecule has 0 spiro atoms. The van der Waals surface area contributed by atoms with Crippen molar-refractivity contribution in [2.24, 2.45) is 0 Å². The molecule has 5 heteroatoms. The molecule has 0 bridgehead atoms. The number of phenols is 1. The summed E-state index contributed by atoms with van der Waals surface area (Å²) in [5, 5.41) is 12.2. The number of anilines is 2. The Morgan fingerprint density at radius 1 is 1.22 bits per heavy atom. The van der Waals surface area contributed by atoms with E-state index in [4.69, 9.17) is 0 Å². The Morgan fingerprint density at radius 3 is 2.78 bits per heavy atom. The van der Waals surface area contributed by atoms with Crippen molar-refractivity contribution in [3.05, 3.63) is 45.9 Å². The van der Waals surface area contributed by atoms with Gasteiger partial charge in [0.2, 0.25) is 5.95 Å². The van der Waals surface area contributed by atoms with Gasteiger partial charge in [-0.15, -0.1) is 0 Å². The highest BCUT2D eigenvalue weighted by Gasteiger charge is 2.16. The fourth-order valence-electron chi connectivity index (χ4n) is 2.18. The van der Waals surface area contributed by atoms with Gasteiger partial charge in [-0.1, -0.05) is 0 Å². The molecule has 18 heavy (non-hydrogen) atoms. The number of H-pyrrole nitrogens is 1. The number of benzene rings is 1. The lowest BCUT2D eigenvalue weighted by molar-refractivity contribution is 0.475. The molecule has 0 radical (unpaired) electrons. The van der Waals surface area contributed by atoms with E-state index in [0.717, 1.165) is 36.2 Å². The molecular weight excluding hydrogens is 230 g/mol. The topological polar surface area (TPSA) is 78.0 Å². The molecule has 1 aliphatic carbocycles. The number of nitrogens with one attached hydrogen (secondary N) is 2. The molecule has 0 atom stereocenters. The molecule has 0 saturated heterocycles. The molecule has 0 fully saturated rings. The van der Waals surface area contributed by atoms with Crippen molar-refractivity contribution in [2.45, 2.75) is 19.3 Å². The molecule has 0 saturated carbocycles. The van der Waals surface area contributed by atoms with E-state index in [-0.39, 0.29) is 11.3 Å². The van der Waals surface area contributed by atoms with Crippen LogP contribution >= 0.6 is 0 Å². The summed E-state index contributed by atoms with van der Waals surface area (Å²) in [6.07, 6.45) is 2.68. The van der Waals surface area contributed by atoms with Crippen LogP contribution in [0.15, 0.2) is 29.1 Å². The van der Waals surface area contributed by atoms with Crippen molar-refractivity contribution in [1.82, 2.24) is 9.97 Å². The number of aromatic nitrogens is 2. The standard InChI is InChI=1S/C13H13N3O2/c17-9-6-4-8(5-7-9)14-13-15-11-3-1-2-10(11)12(18)16-13/h4-7,17H,1-3H2,(H2,14,15,16,18). The summed E-state index contributed by atoms with van der Waals surface area (Å²) in [5.74, 6) is 0.655. The van der Waals surface area contributed by atoms with Gasteiger partial charge in [-0.2, -0.15) is 0 Å². The fourth-order valence-corrected chi connectivity index (χ4v) is 2.18. The molecule has 1 aliphatic rings. The van der Waals surface area contributed by atoms with Gasteiger partial charge in [-0.25, -0.2) is 4.98 Å². The molecule has 0 aliphatic heterocycles. The normalized spacial score (nSPS) is 13.3. The maximum absolute atomic E-state index is 11.8. The van der Waals surface area contributed by atoms with Crippen LogP contribution in [0.1, 0.15) is 17.7 Å². The van der Waals surface area contributed by atoms with Crippen molar-refractivity contribution in [1.29, 1.82) is 0 Å². The molecule has 92 valence electrons. The maximum Gasteiger partial charge on any atom is 0.255 e. The van der Waals surface area contributed by atoms with Crippen molar-refractivity contribution in [3.63, 3.8) is 0 Å². The minimum absolute atomic E-state index is 0.0567. The molecule has 3 N–H and O–H groups in total. The van der Waals surface area contributed by atoms with Crippen molar-refractivity contribution >= 4 is 11.6 Å². The van der Waals surface area contributed by atoms with Gasteiger partial charge in [-0.05, 0) is 43.5 Å². The van der Waals surface area contributed by atoms with Crippen LogP contribution in [0.3, 0.4) is 0 Å². The highest BCUT2D eigenvalue weighted by molar-refractivity contribution is 5.54. The van der Waals surface area contributed by atoms with Gasteiger partial charge in [0.05, 0.1) is 5.69 Å². The minimum atomic E-state index is -0.0567. The van der Waals surface area contributed by atoms with E-state index in [1.54, 1.807) is 24.3 Å². The number of phenolic OH excluding ortho intramolecular Hbond substituents is 1. The number of nitrogens with zero attached hydrogens (tertiary/aromatic N) is 1. The first kappa shape index (κ1) is 10.8. The largest absolute Gasteiger partial charge is 0.508 e. The van der Waals surface area contributed by atoms with Crippen LogP contribution in [0.5, 0.6) is 5.75 Å². The van der Waals surface area contributed by atoms with Crippen LogP contribution in [0.25, 0.3) is 0 Å². The third-order valence-electron chi connectivity index (χ3n) is 3.07. The van der Waals surface area contributed by atoms with Gasteiger partial charge >= 0.3 is 0 Å². The average molecular weight is 243 g/mol. The van der Waals surface area contributed by atoms with Crippen molar-refractivity contribution in [3.8, 4) is 5.75 Å². The van der Waals surface area contributed by atoms with Crippen LogP contribution in [0.4, 0.5) is 11.6 Å². The van der Waals surface area contributed by atoms with Crippen LogP contribution in [0.2, 0.25) is 0 Å². The van der Waals surface area contributed by atoms with E-state index in [0.29, 0.717) is 5.95 Å². The molecule has 1 aromatic heterocycles. The first-order chi connectivity index (χ1) is 8.72. The van der Waals surface area contributed by atoms with Crippen LogP contribution in [-0.2, 0) is 12.8 Å². The number of aryl methyl sites for hydroxylation is 1. The summed E-state index contributed by atoms with van der Waals surface area (Å²) in [6, 6.07) is 6.60. The summed E-state index contributed by atoms with van der Waals surface area (Å²) < 4.78 is 0. The maximum atomic E-state index is 11.8. The zero-order valence-electron chi connectivity index (χ0n) is 9.73. The minimum Gasteiger partial charge on any atom is -0.508 e. The number of hydrogen-bond donors (Lipinski definition) is 3. The lowest BCUT2D eigenvalue weighted by Gasteiger charge is -2.07. The number of aromatic amines is 1. The third-order valence-corrected chi connectivity index (χ3v) is 3.07. The Morgan fingerprint density at radius 2 is 2.00 bits per heavy atom. The van der Waals surface area contributed by atoms with E-state index >= 15 is 0 Å². The summed E-state index contributed by atoms with van der Waals surface area (Å²) in [4.78, 5) is 18.9. The van der Waals surface area contributed by atoms with Crippen molar-refractivity contribution in [2.75, 3.05) is 5.32 Å². The second-order valence-electron chi connectivity index (χ2n) is 4.37. The van der Waals surface area contributed by atoms with Gasteiger partial charge in [0, 0.05) is 11.3 Å². The predicted molar refractivity (Wildman–Crippen MR) is 68.3 cm³/mol. The summed E-state index contributed by atoms with van der Waals surface area (Å²) >= 11 is 0. The fraction of sp³-hybridized carbons (Fsp3) is 0.231. The highest BCUT2D eigenvalue weighted by atomic mass is 16.3. The lowest BCUT2D eigenvalue weighted by Crippen LogP contribution is -2.16. The second-order valence-corrected chi connectivity index (χ2v) is 4.37. The van der Waals surface area contributed by atoms with Gasteiger partial charge in [0.1, 0.15) is 5.75 Å². The quantitative estimate of drug-likeness (QED) is 0.702. The molecule has 0 unspecified atom stereocenters. The lowest BCUT2D eigenvalue weighted by atomic mass is 10.2. The smallest absolute Gasteiger partial charge is 0.255 e. The van der Waals surface area contributed by atoms with Crippen molar-refractivity contribution < 1.29 is 5.11 Å². The van der Waals surface area contributed by atoms with Gasteiger partial charge < -0.3 is 10.4 Å². The number of fused-ring (bicyclic) bond motifs is 1. The Labute approximate surface area is 104 Å². The molecular formula is C13H13N3O2. The molecule has 3 rings (SSSR count). The number of rotatable bonds is 2. The van der Waals surface area contributed by atoms with E-state index in [9.17, 15) is 9.90 Å². The van der Waals surface area contributed by atoms with E-state index in [1.165, 1.54) is 0 Å². The average Bonchev–Trinajstić information content (AvgIpc) is 2.81. The van der Waals surface area contributed by atoms with E-state index in [1.807, 2.05) is 0 Å². The van der Waals surface area contributed by atoms with E-state index in [2.05, 4.69) is 15.3 Å². The SMILES string of the molecule is O=c1[nH]c(Nc2ccc(O)cc2)nc2c1CCC2. The molecule has 5 nitrogen and oxygen atoms in total. The summed E-state index contributed by atoms with van der Waals surface area (Å²) in [6.45, 7) is 0. The Hall–Kier alpha value is -2.30. The van der Waals surface area contributed by atoms with Crippen LogP contribution < -0.4 is 10.9 Å². The van der Waals surface area contributed by atoms with Gasteiger partial charge in [0.25, 0.3) is 5.56 Å². The summed E-state index contributed by atoms with van der Waals surface area (Å²) in [5.41, 5.74) is 2.42. The predicted octanol–water partition coefficient (Wildman–Crippen LogP) is 1.71.